The van der Waals surface area contributed by atoms with E-state index in [9.17, 15) is 9.59 Å². The molecule has 0 bridgehead atoms. The summed E-state index contributed by atoms with van der Waals surface area (Å²) in [4.78, 5) is 29.3. The van der Waals surface area contributed by atoms with Crippen LogP contribution in [0.1, 0.15) is 55.2 Å². The fourth-order valence-corrected chi connectivity index (χ4v) is 5.12. The number of amides is 2. The first-order valence-electron chi connectivity index (χ1n) is 14.1. The lowest BCUT2D eigenvalue weighted by Gasteiger charge is -2.32. The zero-order valence-electron chi connectivity index (χ0n) is 23.0. The Morgan fingerprint density at radius 3 is 2.18 bits per heavy atom. The zero-order chi connectivity index (χ0) is 27.3. The van der Waals surface area contributed by atoms with Crippen LogP contribution in [-0.4, -0.2) is 36.4 Å². The third-order valence-electron chi connectivity index (χ3n) is 7.38. The van der Waals surface area contributed by atoms with Gasteiger partial charge in [0.15, 0.2) is 0 Å². The maximum Gasteiger partial charge on any atom is 0.243 e. The summed E-state index contributed by atoms with van der Waals surface area (Å²) in [6.07, 6.45) is 9.34. The highest BCUT2D eigenvalue weighted by Crippen LogP contribution is 2.21. The summed E-state index contributed by atoms with van der Waals surface area (Å²) < 4.78 is 5.32. The van der Waals surface area contributed by atoms with Gasteiger partial charge in [-0.05, 0) is 67.3 Å². The molecule has 0 spiro atoms. The molecule has 0 heterocycles. The Morgan fingerprint density at radius 2 is 1.54 bits per heavy atom. The van der Waals surface area contributed by atoms with Crippen LogP contribution in [0.2, 0.25) is 0 Å². The van der Waals surface area contributed by atoms with Gasteiger partial charge in [-0.2, -0.15) is 0 Å². The number of nitrogens with zero attached hydrogens (tertiary/aromatic N) is 1. The van der Waals surface area contributed by atoms with Gasteiger partial charge in [0.1, 0.15) is 11.8 Å². The minimum Gasteiger partial charge on any atom is -0.497 e. The van der Waals surface area contributed by atoms with Gasteiger partial charge in [0.05, 0.1) is 7.11 Å². The van der Waals surface area contributed by atoms with Gasteiger partial charge in [0.25, 0.3) is 0 Å². The number of allylic oxidation sites excluding steroid dienone is 1. The summed E-state index contributed by atoms with van der Waals surface area (Å²) in [5.74, 6) is 0.633. The molecule has 0 aliphatic heterocycles. The molecule has 3 aromatic carbocycles. The number of benzene rings is 3. The number of methoxy groups -OCH3 is 1. The number of carbonyl (C=O) groups excluding carboxylic acids is 2. The Labute approximate surface area is 232 Å². The van der Waals surface area contributed by atoms with Gasteiger partial charge in [0, 0.05) is 25.9 Å². The SMILES string of the molecule is COc1ccc(CN(C(=O)CCc2ccccc2)[C@@H](Cc2ccccc2)C(=O)NCCC2=CCCCC2)cc1. The first kappa shape index (κ1) is 28.2. The molecule has 1 N–H and O–H groups in total. The van der Waals surface area contributed by atoms with E-state index in [0.717, 1.165) is 41.7 Å². The van der Waals surface area contributed by atoms with Crippen molar-refractivity contribution in [2.45, 2.75) is 64.0 Å². The van der Waals surface area contributed by atoms with Crippen molar-refractivity contribution in [3.05, 3.63) is 113 Å². The lowest BCUT2D eigenvalue weighted by Crippen LogP contribution is -2.50. The van der Waals surface area contributed by atoms with Crippen LogP contribution in [0.3, 0.4) is 0 Å². The first-order chi connectivity index (χ1) is 19.1. The first-order valence-corrected chi connectivity index (χ1v) is 14.1. The molecular formula is C34H40N2O3. The summed E-state index contributed by atoms with van der Waals surface area (Å²) in [6.45, 7) is 0.943. The third kappa shape index (κ3) is 8.85. The number of hydrogen-bond donors (Lipinski definition) is 1. The molecule has 0 saturated carbocycles. The van der Waals surface area contributed by atoms with Crippen molar-refractivity contribution in [3.8, 4) is 5.75 Å². The van der Waals surface area contributed by atoms with Gasteiger partial charge in [-0.1, -0.05) is 84.4 Å². The Hall–Kier alpha value is -3.86. The molecule has 3 aromatic rings. The monoisotopic (exact) mass is 524 g/mol. The number of rotatable bonds is 13. The van der Waals surface area contributed by atoms with Gasteiger partial charge in [0.2, 0.25) is 11.8 Å². The van der Waals surface area contributed by atoms with Gasteiger partial charge < -0.3 is 15.0 Å². The van der Waals surface area contributed by atoms with Gasteiger partial charge in [-0.15, -0.1) is 0 Å². The molecule has 2 amide bonds. The van der Waals surface area contributed by atoms with Crippen LogP contribution < -0.4 is 10.1 Å². The van der Waals surface area contributed by atoms with E-state index in [1.165, 1.54) is 18.4 Å². The molecule has 0 saturated heterocycles. The highest BCUT2D eigenvalue weighted by molar-refractivity contribution is 5.88. The fourth-order valence-electron chi connectivity index (χ4n) is 5.12. The largest absolute Gasteiger partial charge is 0.497 e. The summed E-state index contributed by atoms with van der Waals surface area (Å²) >= 11 is 0. The maximum absolute atomic E-state index is 13.8. The van der Waals surface area contributed by atoms with Gasteiger partial charge >= 0.3 is 0 Å². The van der Waals surface area contributed by atoms with Crippen molar-refractivity contribution in [2.24, 2.45) is 0 Å². The number of aryl methyl sites for hydroxylation is 1. The maximum atomic E-state index is 13.8. The zero-order valence-corrected chi connectivity index (χ0v) is 23.0. The average molecular weight is 525 g/mol. The van der Waals surface area contributed by atoms with E-state index in [0.29, 0.717) is 32.4 Å². The summed E-state index contributed by atoms with van der Waals surface area (Å²) in [6, 6.07) is 27.1. The van der Waals surface area contributed by atoms with Crippen LogP contribution in [0, 0.1) is 0 Å². The second-order valence-electron chi connectivity index (χ2n) is 10.2. The third-order valence-corrected chi connectivity index (χ3v) is 7.38. The topological polar surface area (TPSA) is 58.6 Å². The average Bonchev–Trinajstić information content (AvgIpc) is 2.99. The van der Waals surface area contributed by atoms with E-state index in [1.807, 2.05) is 84.9 Å². The van der Waals surface area contributed by atoms with E-state index in [4.69, 9.17) is 4.74 Å². The fraction of sp³-hybridized carbons (Fsp3) is 0.353. The molecule has 0 unspecified atom stereocenters. The van der Waals surface area contributed by atoms with Crippen LogP contribution in [0.25, 0.3) is 0 Å². The molecule has 1 atom stereocenters. The molecule has 5 heteroatoms. The van der Waals surface area contributed by atoms with Crippen molar-refractivity contribution in [2.75, 3.05) is 13.7 Å². The number of ether oxygens (including phenoxy) is 1. The standard InChI is InChI=1S/C34H40N2O3/c1-39-31-20-17-30(18-21-31)26-36(33(37)22-19-27-11-5-2-6-12-27)32(25-29-15-9-4-10-16-29)34(38)35-24-23-28-13-7-3-8-14-28/h2,4-6,9-13,15-18,20-21,32H,3,7-8,14,19,22-26H2,1H3,(H,35,38)/t32-/m0/s1. The second-order valence-corrected chi connectivity index (χ2v) is 10.2. The Morgan fingerprint density at radius 1 is 0.846 bits per heavy atom. The molecule has 0 aromatic heterocycles. The van der Waals surface area contributed by atoms with Crippen molar-refractivity contribution < 1.29 is 14.3 Å². The number of carbonyl (C=O) groups is 2. The number of hydrogen-bond acceptors (Lipinski definition) is 3. The Kier molecular flexibility index (Phi) is 10.8. The molecule has 0 fully saturated rings. The van der Waals surface area contributed by atoms with Crippen molar-refractivity contribution in [1.82, 2.24) is 10.2 Å². The van der Waals surface area contributed by atoms with E-state index in [2.05, 4.69) is 11.4 Å². The van der Waals surface area contributed by atoms with Crippen LogP contribution in [0.5, 0.6) is 5.75 Å². The molecule has 4 rings (SSSR count). The van der Waals surface area contributed by atoms with E-state index < -0.39 is 6.04 Å². The van der Waals surface area contributed by atoms with E-state index in [-0.39, 0.29) is 11.8 Å². The molecule has 5 nitrogen and oxygen atoms in total. The van der Waals surface area contributed by atoms with E-state index >= 15 is 0 Å². The predicted octanol–water partition coefficient (Wildman–Crippen LogP) is 6.27. The summed E-state index contributed by atoms with van der Waals surface area (Å²) in [5.41, 5.74) is 4.53. The molecular weight excluding hydrogens is 484 g/mol. The molecule has 1 aliphatic carbocycles. The molecule has 1 aliphatic rings. The van der Waals surface area contributed by atoms with Gasteiger partial charge in [-0.25, -0.2) is 0 Å². The van der Waals surface area contributed by atoms with E-state index in [1.54, 1.807) is 12.0 Å². The second kappa shape index (κ2) is 14.9. The quantitative estimate of drug-likeness (QED) is 0.268. The Balaban J connectivity index is 1.55. The minimum absolute atomic E-state index is 0.0271. The molecule has 204 valence electrons. The lowest BCUT2D eigenvalue weighted by atomic mass is 9.97. The van der Waals surface area contributed by atoms with Crippen molar-refractivity contribution >= 4 is 11.8 Å². The molecule has 0 radical (unpaired) electrons. The highest BCUT2D eigenvalue weighted by atomic mass is 16.5. The van der Waals surface area contributed by atoms with Crippen molar-refractivity contribution in [3.63, 3.8) is 0 Å². The van der Waals surface area contributed by atoms with Crippen LogP contribution in [-0.2, 0) is 29.0 Å². The van der Waals surface area contributed by atoms with Gasteiger partial charge in [-0.3, -0.25) is 9.59 Å². The van der Waals surface area contributed by atoms with Crippen LogP contribution in [0.15, 0.2) is 96.6 Å². The minimum atomic E-state index is -0.613. The molecule has 39 heavy (non-hydrogen) atoms. The summed E-state index contributed by atoms with van der Waals surface area (Å²) in [7, 11) is 1.64. The summed E-state index contributed by atoms with van der Waals surface area (Å²) in [5, 5.41) is 3.17. The van der Waals surface area contributed by atoms with Crippen LogP contribution >= 0.6 is 0 Å². The Bertz CT molecular complexity index is 1210. The van der Waals surface area contributed by atoms with Crippen molar-refractivity contribution in [1.29, 1.82) is 0 Å². The number of nitrogens with one attached hydrogen (secondary N) is 1. The smallest absolute Gasteiger partial charge is 0.243 e. The van der Waals surface area contributed by atoms with Crippen LogP contribution in [0.4, 0.5) is 0 Å². The highest BCUT2D eigenvalue weighted by Gasteiger charge is 2.30. The predicted molar refractivity (Wildman–Crippen MR) is 156 cm³/mol. The normalized spacial score (nSPS) is 13.7. The lowest BCUT2D eigenvalue weighted by molar-refractivity contribution is -0.141.